The molecule has 0 saturated heterocycles. The third-order valence-corrected chi connectivity index (χ3v) is 3.02. The lowest BCUT2D eigenvalue weighted by Crippen LogP contribution is -2.06. The molecule has 0 aromatic heterocycles. The van der Waals surface area contributed by atoms with Crippen molar-refractivity contribution in [1.29, 1.82) is 0 Å². The predicted molar refractivity (Wildman–Crippen MR) is 72.6 cm³/mol. The first-order chi connectivity index (χ1) is 8.79. The number of carbonyl (C=O) groups is 1. The van der Waals surface area contributed by atoms with E-state index in [0.717, 1.165) is 22.0 Å². The fourth-order valence-corrected chi connectivity index (χ4v) is 2.27. The fourth-order valence-electron chi connectivity index (χ4n) is 2.27. The van der Waals surface area contributed by atoms with Crippen LogP contribution < -0.4 is 5.32 Å². The maximum atomic E-state index is 11.8. The predicted octanol–water partition coefficient (Wildman–Crippen LogP) is 3.41. The van der Waals surface area contributed by atoms with Crippen LogP contribution in [-0.2, 0) is 4.74 Å². The van der Waals surface area contributed by atoms with Crippen LogP contribution in [0, 0.1) is 0 Å². The van der Waals surface area contributed by atoms with Crippen molar-refractivity contribution < 1.29 is 9.53 Å². The number of rotatable bonds is 2. The van der Waals surface area contributed by atoms with Gasteiger partial charge < -0.3 is 10.1 Å². The zero-order valence-electron chi connectivity index (χ0n) is 10.1. The Balaban J connectivity index is 2.22. The number of esters is 1. The number of hydrogen-bond acceptors (Lipinski definition) is 3. The SMILES string of the molecule is CCOC(=O)c1cc2c3c(cccc3c1)NC=C2. The second-order valence-corrected chi connectivity index (χ2v) is 4.17. The number of benzene rings is 2. The highest BCUT2D eigenvalue weighted by Gasteiger charge is 2.13. The van der Waals surface area contributed by atoms with Crippen molar-refractivity contribution in [3.8, 4) is 0 Å². The summed E-state index contributed by atoms with van der Waals surface area (Å²) < 4.78 is 5.05. The normalized spacial score (nSPS) is 12.3. The van der Waals surface area contributed by atoms with E-state index < -0.39 is 0 Å². The Bertz CT molecular complexity index is 659. The molecule has 0 amide bonds. The summed E-state index contributed by atoms with van der Waals surface area (Å²) in [6.45, 7) is 2.20. The number of anilines is 1. The molecular weight excluding hydrogens is 226 g/mol. The summed E-state index contributed by atoms with van der Waals surface area (Å²) in [7, 11) is 0. The van der Waals surface area contributed by atoms with Crippen molar-refractivity contribution in [2.75, 3.05) is 11.9 Å². The van der Waals surface area contributed by atoms with Gasteiger partial charge in [0.15, 0.2) is 0 Å². The maximum absolute atomic E-state index is 11.8. The Hall–Kier alpha value is -2.29. The number of ether oxygens (including phenoxy) is 1. The van der Waals surface area contributed by atoms with Crippen LogP contribution in [0.25, 0.3) is 16.8 Å². The van der Waals surface area contributed by atoms with Gasteiger partial charge in [-0.25, -0.2) is 4.79 Å². The topological polar surface area (TPSA) is 38.3 Å². The van der Waals surface area contributed by atoms with E-state index in [1.54, 1.807) is 0 Å². The van der Waals surface area contributed by atoms with E-state index in [0.29, 0.717) is 12.2 Å². The number of hydrogen-bond donors (Lipinski definition) is 1. The third kappa shape index (κ3) is 1.64. The van der Waals surface area contributed by atoms with Gasteiger partial charge >= 0.3 is 5.97 Å². The number of carbonyl (C=O) groups excluding carboxylic acids is 1. The van der Waals surface area contributed by atoms with E-state index in [9.17, 15) is 4.79 Å². The van der Waals surface area contributed by atoms with Crippen LogP contribution in [0.15, 0.2) is 36.5 Å². The fraction of sp³-hybridized carbons (Fsp3) is 0.133. The van der Waals surface area contributed by atoms with Gasteiger partial charge in [-0.05, 0) is 42.1 Å². The zero-order valence-corrected chi connectivity index (χ0v) is 10.1. The maximum Gasteiger partial charge on any atom is 0.338 e. The third-order valence-electron chi connectivity index (χ3n) is 3.02. The van der Waals surface area contributed by atoms with E-state index in [1.165, 1.54) is 0 Å². The summed E-state index contributed by atoms with van der Waals surface area (Å²) in [6.07, 6.45) is 3.85. The smallest absolute Gasteiger partial charge is 0.338 e. The van der Waals surface area contributed by atoms with Crippen LogP contribution >= 0.6 is 0 Å². The minimum atomic E-state index is -0.270. The van der Waals surface area contributed by atoms with Crippen LogP contribution in [0.5, 0.6) is 0 Å². The van der Waals surface area contributed by atoms with Crippen molar-refractivity contribution in [1.82, 2.24) is 0 Å². The molecule has 0 radical (unpaired) electrons. The molecule has 1 aliphatic rings. The average molecular weight is 239 g/mol. The highest BCUT2D eigenvalue weighted by atomic mass is 16.5. The molecule has 1 heterocycles. The molecule has 0 fully saturated rings. The van der Waals surface area contributed by atoms with Gasteiger partial charge in [0.1, 0.15) is 0 Å². The highest BCUT2D eigenvalue weighted by molar-refractivity contribution is 6.06. The van der Waals surface area contributed by atoms with Gasteiger partial charge in [0.05, 0.1) is 12.2 Å². The summed E-state index contributed by atoms with van der Waals surface area (Å²) in [4.78, 5) is 11.8. The molecular formula is C15H13NO2. The molecule has 1 aliphatic heterocycles. The Morgan fingerprint density at radius 1 is 1.33 bits per heavy atom. The van der Waals surface area contributed by atoms with E-state index in [1.807, 2.05) is 49.5 Å². The van der Waals surface area contributed by atoms with Crippen LogP contribution in [0.4, 0.5) is 5.69 Å². The first kappa shape index (κ1) is 10.8. The van der Waals surface area contributed by atoms with Crippen LogP contribution in [0.3, 0.4) is 0 Å². The van der Waals surface area contributed by atoms with E-state index in [-0.39, 0.29) is 5.97 Å². The van der Waals surface area contributed by atoms with Gasteiger partial charge in [-0.2, -0.15) is 0 Å². The second kappa shape index (κ2) is 4.18. The van der Waals surface area contributed by atoms with Gasteiger partial charge in [0.25, 0.3) is 0 Å². The molecule has 2 aromatic carbocycles. The molecule has 0 unspecified atom stereocenters. The first-order valence-corrected chi connectivity index (χ1v) is 5.96. The van der Waals surface area contributed by atoms with Crippen LogP contribution in [0.2, 0.25) is 0 Å². The minimum absolute atomic E-state index is 0.270. The summed E-state index contributed by atoms with van der Waals surface area (Å²) in [5, 5.41) is 5.40. The van der Waals surface area contributed by atoms with E-state index in [2.05, 4.69) is 5.32 Å². The lowest BCUT2D eigenvalue weighted by molar-refractivity contribution is 0.0526. The monoisotopic (exact) mass is 239 g/mol. The molecule has 2 aromatic rings. The minimum Gasteiger partial charge on any atom is -0.462 e. The van der Waals surface area contributed by atoms with Crippen LogP contribution in [0.1, 0.15) is 22.8 Å². The summed E-state index contributed by atoms with van der Waals surface area (Å²) in [6, 6.07) is 9.76. The van der Waals surface area contributed by atoms with Crippen molar-refractivity contribution >= 4 is 28.5 Å². The molecule has 3 heteroatoms. The summed E-state index contributed by atoms with van der Waals surface area (Å²) in [5.41, 5.74) is 2.72. The molecule has 0 atom stereocenters. The quantitative estimate of drug-likeness (QED) is 0.816. The molecule has 0 spiro atoms. The second-order valence-electron chi connectivity index (χ2n) is 4.17. The molecule has 1 N–H and O–H groups in total. The van der Waals surface area contributed by atoms with Gasteiger partial charge in [-0.3, -0.25) is 0 Å². The van der Waals surface area contributed by atoms with Crippen molar-refractivity contribution in [2.45, 2.75) is 6.92 Å². The summed E-state index contributed by atoms with van der Waals surface area (Å²) in [5.74, 6) is -0.270. The average Bonchev–Trinajstić information content (AvgIpc) is 2.39. The van der Waals surface area contributed by atoms with Crippen molar-refractivity contribution in [2.24, 2.45) is 0 Å². The zero-order chi connectivity index (χ0) is 12.5. The lowest BCUT2D eigenvalue weighted by Gasteiger charge is -2.15. The largest absolute Gasteiger partial charge is 0.462 e. The Labute approximate surface area is 105 Å². The molecule has 0 aliphatic carbocycles. The number of nitrogens with one attached hydrogen (secondary N) is 1. The molecule has 90 valence electrons. The van der Waals surface area contributed by atoms with Crippen LogP contribution in [-0.4, -0.2) is 12.6 Å². The first-order valence-electron chi connectivity index (χ1n) is 5.96. The van der Waals surface area contributed by atoms with E-state index in [4.69, 9.17) is 4.74 Å². The van der Waals surface area contributed by atoms with Gasteiger partial charge in [-0.1, -0.05) is 12.1 Å². The molecule has 18 heavy (non-hydrogen) atoms. The molecule has 3 nitrogen and oxygen atoms in total. The Morgan fingerprint density at radius 3 is 3.06 bits per heavy atom. The van der Waals surface area contributed by atoms with Gasteiger partial charge in [-0.15, -0.1) is 0 Å². The standard InChI is InChI=1S/C15H13NO2/c1-2-18-15(17)12-8-10-4-3-5-13-14(10)11(9-12)6-7-16-13/h3-9,16H,2H2,1H3. The molecule has 0 saturated carbocycles. The van der Waals surface area contributed by atoms with Crippen molar-refractivity contribution in [3.63, 3.8) is 0 Å². The Morgan fingerprint density at radius 2 is 2.22 bits per heavy atom. The Kier molecular flexibility index (Phi) is 2.52. The highest BCUT2D eigenvalue weighted by Crippen LogP contribution is 2.32. The molecule has 3 rings (SSSR count). The van der Waals surface area contributed by atoms with Gasteiger partial charge in [0, 0.05) is 17.3 Å². The molecule has 0 bridgehead atoms. The lowest BCUT2D eigenvalue weighted by atomic mass is 9.97. The van der Waals surface area contributed by atoms with Gasteiger partial charge in [0.2, 0.25) is 0 Å². The van der Waals surface area contributed by atoms with E-state index >= 15 is 0 Å². The van der Waals surface area contributed by atoms with Crippen molar-refractivity contribution in [3.05, 3.63) is 47.7 Å². The summed E-state index contributed by atoms with van der Waals surface area (Å²) >= 11 is 0.